The average Bonchev–Trinajstić information content (AvgIpc) is 2.36. The molecule has 3 amide bonds. The zero-order valence-electron chi connectivity index (χ0n) is 10.7. The molecular formula is C10H15N5O2S. The van der Waals surface area contributed by atoms with Crippen LogP contribution in [0, 0.1) is 5.92 Å². The quantitative estimate of drug-likeness (QED) is 0.589. The standard InChI is InChI=1S/C10H15N5O2S/c1-11-9-12-6-5(8(18)15(9)4)7(16)14(3)10(17)13(6)2/h5-6H,1-4H3,(H,11,12). The Kier molecular flexibility index (Phi) is 2.97. The number of nitrogens with zero attached hydrogens (tertiary/aromatic N) is 4. The maximum atomic E-state index is 12.2. The molecule has 2 heterocycles. The third-order valence-electron chi connectivity index (χ3n) is 3.32. The minimum atomic E-state index is -0.553. The number of aliphatic imine (C=N–C) groups is 1. The zero-order valence-corrected chi connectivity index (χ0v) is 11.5. The number of nitrogens with one attached hydrogen (secondary N) is 1. The molecule has 0 aromatic heterocycles. The van der Waals surface area contributed by atoms with Gasteiger partial charge in [-0.2, -0.15) is 0 Å². The number of hydrogen-bond acceptors (Lipinski definition) is 4. The van der Waals surface area contributed by atoms with Gasteiger partial charge in [-0.1, -0.05) is 12.2 Å². The third kappa shape index (κ3) is 1.56. The van der Waals surface area contributed by atoms with Crippen LogP contribution >= 0.6 is 12.2 Å². The molecule has 2 unspecified atom stereocenters. The van der Waals surface area contributed by atoms with Gasteiger partial charge in [0.15, 0.2) is 5.96 Å². The van der Waals surface area contributed by atoms with Crippen LogP contribution in [-0.4, -0.2) is 71.9 Å². The molecule has 8 heteroatoms. The number of rotatable bonds is 0. The van der Waals surface area contributed by atoms with Gasteiger partial charge in [0.2, 0.25) is 5.91 Å². The molecule has 2 saturated heterocycles. The van der Waals surface area contributed by atoms with Gasteiger partial charge in [-0.05, 0) is 0 Å². The number of thiocarbonyl (C=S) groups is 1. The molecule has 2 rings (SSSR count). The minimum Gasteiger partial charge on any atom is -0.334 e. The Balaban J connectivity index is 2.43. The molecule has 2 fully saturated rings. The van der Waals surface area contributed by atoms with Gasteiger partial charge in [-0.3, -0.25) is 14.7 Å². The van der Waals surface area contributed by atoms with Crippen molar-refractivity contribution in [2.45, 2.75) is 6.17 Å². The van der Waals surface area contributed by atoms with Gasteiger partial charge < -0.3 is 15.1 Å². The summed E-state index contributed by atoms with van der Waals surface area (Å²) < 4.78 is 0. The summed E-state index contributed by atoms with van der Waals surface area (Å²) >= 11 is 5.31. The lowest BCUT2D eigenvalue weighted by Gasteiger charge is -2.47. The molecular weight excluding hydrogens is 254 g/mol. The summed E-state index contributed by atoms with van der Waals surface area (Å²) in [5, 5.41) is 3.06. The van der Waals surface area contributed by atoms with Gasteiger partial charge >= 0.3 is 6.03 Å². The van der Waals surface area contributed by atoms with Crippen molar-refractivity contribution in [3.8, 4) is 0 Å². The van der Waals surface area contributed by atoms with E-state index in [1.165, 1.54) is 11.9 Å². The maximum absolute atomic E-state index is 12.2. The van der Waals surface area contributed by atoms with Crippen molar-refractivity contribution in [1.82, 2.24) is 20.0 Å². The SMILES string of the molecule is CN=C1NC2C(C(=O)N(C)C(=O)N2C)C(=S)N1C. The van der Waals surface area contributed by atoms with Crippen LogP contribution in [0.5, 0.6) is 0 Å². The molecule has 98 valence electrons. The van der Waals surface area contributed by atoms with E-state index in [4.69, 9.17) is 12.2 Å². The number of fused-ring (bicyclic) bond motifs is 1. The number of imide groups is 1. The first-order valence-electron chi connectivity index (χ1n) is 5.45. The van der Waals surface area contributed by atoms with Crippen molar-refractivity contribution >= 4 is 35.1 Å². The Morgan fingerprint density at radius 2 is 1.83 bits per heavy atom. The van der Waals surface area contributed by atoms with Gasteiger partial charge in [-0.25, -0.2) is 4.79 Å². The second-order valence-electron chi connectivity index (χ2n) is 4.30. The Labute approximate surface area is 110 Å². The van der Waals surface area contributed by atoms with E-state index in [2.05, 4.69) is 10.3 Å². The van der Waals surface area contributed by atoms with E-state index in [1.54, 1.807) is 26.0 Å². The molecule has 7 nitrogen and oxygen atoms in total. The van der Waals surface area contributed by atoms with E-state index >= 15 is 0 Å². The van der Waals surface area contributed by atoms with E-state index in [1.807, 2.05) is 0 Å². The summed E-state index contributed by atoms with van der Waals surface area (Å²) in [6.45, 7) is 0. The number of urea groups is 1. The van der Waals surface area contributed by atoms with Crippen LogP contribution in [-0.2, 0) is 4.79 Å². The Morgan fingerprint density at radius 3 is 2.39 bits per heavy atom. The topological polar surface area (TPSA) is 68.2 Å². The molecule has 0 bridgehead atoms. The first-order chi connectivity index (χ1) is 8.40. The number of carbonyl (C=O) groups is 2. The Hall–Kier alpha value is -1.70. The van der Waals surface area contributed by atoms with Gasteiger partial charge in [0.05, 0.1) is 0 Å². The van der Waals surface area contributed by atoms with Crippen molar-refractivity contribution < 1.29 is 9.59 Å². The minimum absolute atomic E-state index is 0.289. The summed E-state index contributed by atoms with van der Waals surface area (Å²) in [5.74, 6) is -0.288. The highest BCUT2D eigenvalue weighted by atomic mass is 32.1. The molecule has 0 aromatic carbocycles. The summed E-state index contributed by atoms with van der Waals surface area (Å²) in [5.41, 5.74) is 0. The fraction of sp³-hybridized carbons (Fsp3) is 0.600. The molecule has 0 saturated carbocycles. The van der Waals surface area contributed by atoms with Gasteiger partial charge in [0.25, 0.3) is 0 Å². The molecule has 0 spiro atoms. The molecule has 0 aromatic rings. The summed E-state index contributed by atoms with van der Waals surface area (Å²) in [6.07, 6.45) is -0.469. The summed E-state index contributed by atoms with van der Waals surface area (Å²) in [4.78, 5) is 32.8. The van der Waals surface area contributed by atoms with Crippen molar-refractivity contribution in [2.24, 2.45) is 10.9 Å². The lowest BCUT2D eigenvalue weighted by atomic mass is 9.98. The summed E-state index contributed by atoms with van der Waals surface area (Å²) in [6, 6.07) is -0.350. The monoisotopic (exact) mass is 269 g/mol. The normalized spacial score (nSPS) is 30.8. The number of amides is 3. The van der Waals surface area contributed by atoms with Crippen molar-refractivity contribution in [3.63, 3.8) is 0 Å². The highest BCUT2D eigenvalue weighted by Crippen LogP contribution is 2.25. The average molecular weight is 269 g/mol. The molecule has 0 aliphatic carbocycles. The first-order valence-corrected chi connectivity index (χ1v) is 5.86. The fourth-order valence-electron chi connectivity index (χ4n) is 2.19. The lowest BCUT2D eigenvalue weighted by molar-refractivity contribution is -0.134. The predicted octanol–water partition coefficient (Wildman–Crippen LogP) is -0.699. The molecule has 2 atom stereocenters. The molecule has 2 aliphatic rings. The summed E-state index contributed by atoms with van der Waals surface area (Å²) in [7, 11) is 6.47. The van der Waals surface area contributed by atoms with Crippen molar-refractivity contribution in [2.75, 3.05) is 28.2 Å². The van der Waals surface area contributed by atoms with Crippen LogP contribution in [0.3, 0.4) is 0 Å². The highest BCUT2D eigenvalue weighted by Gasteiger charge is 2.49. The molecule has 2 aliphatic heterocycles. The van der Waals surface area contributed by atoms with Crippen LogP contribution < -0.4 is 5.32 Å². The highest BCUT2D eigenvalue weighted by molar-refractivity contribution is 7.80. The maximum Gasteiger partial charge on any atom is 0.327 e. The van der Waals surface area contributed by atoms with Gasteiger partial charge in [0, 0.05) is 28.2 Å². The van der Waals surface area contributed by atoms with Crippen LogP contribution in [0.2, 0.25) is 0 Å². The predicted molar refractivity (Wildman–Crippen MR) is 70.1 cm³/mol. The second kappa shape index (κ2) is 4.20. The molecule has 18 heavy (non-hydrogen) atoms. The second-order valence-corrected chi connectivity index (χ2v) is 4.72. The molecule has 1 N–H and O–H groups in total. The Bertz CT molecular complexity index is 463. The van der Waals surface area contributed by atoms with E-state index in [0.717, 1.165) is 4.90 Å². The van der Waals surface area contributed by atoms with Crippen molar-refractivity contribution in [1.29, 1.82) is 0 Å². The van der Waals surface area contributed by atoms with Crippen LogP contribution in [0.1, 0.15) is 0 Å². The fourth-order valence-corrected chi connectivity index (χ4v) is 2.51. The first kappa shape index (κ1) is 12.7. The van der Waals surface area contributed by atoms with E-state index in [9.17, 15) is 9.59 Å². The van der Waals surface area contributed by atoms with E-state index < -0.39 is 12.1 Å². The lowest BCUT2D eigenvalue weighted by Crippen LogP contribution is -2.72. The zero-order chi connectivity index (χ0) is 13.6. The van der Waals surface area contributed by atoms with Crippen molar-refractivity contribution in [3.05, 3.63) is 0 Å². The molecule has 0 radical (unpaired) electrons. The number of guanidine groups is 1. The van der Waals surface area contributed by atoms with Crippen LogP contribution in [0.15, 0.2) is 4.99 Å². The van der Waals surface area contributed by atoms with Gasteiger partial charge in [0.1, 0.15) is 17.1 Å². The van der Waals surface area contributed by atoms with E-state index in [-0.39, 0.29) is 11.9 Å². The number of carbonyl (C=O) groups excluding carboxylic acids is 2. The smallest absolute Gasteiger partial charge is 0.327 e. The van der Waals surface area contributed by atoms with Crippen LogP contribution in [0.4, 0.5) is 4.79 Å². The number of hydrogen-bond donors (Lipinski definition) is 1. The third-order valence-corrected chi connectivity index (χ3v) is 3.85. The Morgan fingerprint density at radius 1 is 1.22 bits per heavy atom. The van der Waals surface area contributed by atoms with E-state index in [0.29, 0.717) is 10.9 Å². The largest absolute Gasteiger partial charge is 0.334 e. The van der Waals surface area contributed by atoms with Gasteiger partial charge in [-0.15, -0.1) is 0 Å². The van der Waals surface area contributed by atoms with Crippen LogP contribution in [0.25, 0.3) is 0 Å².